The van der Waals surface area contributed by atoms with Crippen LogP contribution in [0.2, 0.25) is 0 Å². The number of hydrogen-bond donors (Lipinski definition) is 0. The highest BCUT2D eigenvalue weighted by Gasteiger charge is 2.37. The van der Waals surface area contributed by atoms with Crippen LogP contribution in [-0.4, -0.2) is 34.4 Å². The fraction of sp³-hybridized carbons (Fsp3) is 0.667. The average molecular weight is 304 g/mol. The Morgan fingerprint density at radius 1 is 1.18 bits per heavy atom. The summed E-state index contributed by atoms with van der Waals surface area (Å²) in [5.74, 6) is 0.441. The van der Waals surface area contributed by atoms with Crippen molar-refractivity contribution in [1.29, 1.82) is 5.26 Å². The van der Waals surface area contributed by atoms with Crippen LogP contribution >= 0.6 is 0 Å². The topological polar surface area (TPSA) is 80.3 Å². The van der Waals surface area contributed by atoms with Gasteiger partial charge in [0, 0.05) is 20.6 Å². The molecule has 0 amide bonds. The molecule has 3 rings (SSSR count). The number of anilines is 1. The van der Waals surface area contributed by atoms with Crippen LogP contribution in [-0.2, 0) is 18.8 Å². The van der Waals surface area contributed by atoms with Crippen molar-refractivity contribution >= 4 is 5.82 Å². The Morgan fingerprint density at radius 3 is 2.64 bits per heavy atom. The molecule has 2 aliphatic rings. The van der Waals surface area contributed by atoms with Crippen LogP contribution < -0.4 is 16.1 Å². The number of fused-ring (bicyclic) bond motifs is 1. The summed E-state index contributed by atoms with van der Waals surface area (Å²) in [6.07, 6.45) is 4.30. The molecule has 0 aromatic carbocycles. The minimum Gasteiger partial charge on any atom is -0.374 e. The number of morpholine rings is 1. The molecule has 0 radical (unpaired) electrons. The van der Waals surface area contributed by atoms with Crippen LogP contribution in [0.25, 0.3) is 0 Å². The molecular formula is C15H20N4O3. The molecule has 1 aromatic rings. The molecule has 1 aliphatic carbocycles. The second-order valence-electron chi connectivity index (χ2n) is 5.97. The van der Waals surface area contributed by atoms with E-state index in [1.807, 2.05) is 11.0 Å². The van der Waals surface area contributed by atoms with Crippen LogP contribution in [0.5, 0.6) is 0 Å². The van der Waals surface area contributed by atoms with Crippen LogP contribution in [0.3, 0.4) is 0 Å². The van der Waals surface area contributed by atoms with Gasteiger partial charge >= 0.3 is 5.69 Å². The van der Waals surface area contributed by atoms with Gasteiger partial charge in [-0.3, -0.25) is 13.9 Å². The number of nitrogens with zero attached hydrogens (tertiary/aromatic N) is 4. The van der Waals surface area contributed by atoms with E-state index in [-0.39, 0.29) is 17.7 Å². The van der Waals surface area contributed by atoms with Gasteiger partial charge in [-0.2, -0.15) is 5.26 Å². The van der Waals surface area contributed by atoms with Gasteiger partial charge in [0.05, 0.1) is 18.8 Å². The lowest BCUT2D eigenvalue weighted by atomic mass is 9.90. The predicted molar refractivity (Wildman–Crippen MR) is 81.0 cm³/mol. The molecule has 0 spiro atoms. The van der Waals surface area contributed by atoms with Crippen molar-refractivity contribution in [2.75, 3.05) is 18.1 Å². The third kappa shape index (κ3) is 2.15. The molecule has 7 heteroatoms. The van der Waals surface area contributed by atoms with Gasteiger partial charge in [0.25, 0.3) is 5.56 Å². The molecule has 0 N–H and O–H groups in total. The summed E-state index contributed by atoms with van der Waals surface area (Å²) in [7, 11) is 3.02. The lowest BCUT2D eigenvalue weighted by Crippen LogP contribution is -2.55. The van der Waals surface area contributed by atoms with E-state index in [2.05, 4.69) is 0 Å². The number of rotatable bonds is 1. The normalized spacial score (nSPS) is 24.7. The van der Waals surface area contributed by atoms with Crippen molar-refractivity contribution in [3.8, 4) is 6.07 Å². The van der Waals surface area contributed by atoms with Gasteiger partial charge in [-0.1, -0.05) is 12.8 Å². The summed E-state index contributed by atoms with van der Waals surface area (Å²) in [5, 5.41) is 9.43. The second kappa shape index (κ2) is 5.61. The summed E-state index contributed by atoms with van der Waals surface area (Å²) < 4.78 is 8.24. The van der Waals surface area contributed by atoms with Gasteiger partial charge in [0.1, 0.15) is 11.9 Å². The van der Waals surface area contributed by atoms with Gasteiger partial charge in [0.2, 0.25) is 0 Å². The van der Waals surface area contributed by atoms with Gasteiger partial charge in [-0.15, -0.1) is 0 Å². The standard InChI is InChI=1S/C15H20N4O3/c1-17-13(10(9-16)14(20)18(2)15(17)21)19-7-8-22-12-6-4-3-5-11(12)19/h11-12H,3-8H2,1-2H3/t11-,12-/m0/s1. The molecule has 1 saturated carbocycles. The van der Waals surface area contributed by atoms with E-state index >= 15 is 0 Å². The lowest BCUT2D eigenvalue weighted by molar-refractivity contribution is -0.00930. The molecule has 1 saturated heterocycles. The Labute approximate surface area is 128 Å². The highest BCUT2D eigenvalue weighted by molar-refractivity contribution is 5.54. The van der Waals surface area contributed by atoms with Crippen molar-refractivity contribution in [1.82, 2.24) is 9.13 Å². The SMILES string of the molecule is Cn1c(N2CCO[C@H]3CCCC[C@@H]32)c(C#N)c(=O)n(C)c1=O. The van der Waals surface area contributed by atoms with Crippen LogP contribution in [0.1, 0.15) is 31.2 Å². The Kier molecular flexibility index (Phi) is 3.79. The first-order valence-electron chi connectivity index (χ1n) is 7.64. The molecule has 0 bridgehead atoms. The first-order valence-corrected chi connectivity index (χ1v) is 7.64. The largest absolute Gasteiger partial charge is 0.374 e. The Morgan fingerprint density at radius 2 is 1.91 bits per heavy atom. The number of hydrogen-bond acceptors (Lipinski definition) is 5. The van der Waals surface area contributed by atoms with Crippen molar-refractivity contribution < 1.29 is 4.74 Å². The highest BCUT2D eigenvalue weighted by atomic mass is 16.5. The predicted octanol–water partition coefficient (Wildman–Crippen LogP) is 0.103. The monoisotopic (exact) mass is 304 g/mol. The lowest BCUT2D eigenvalue weighted by Gasteiger charge is -2.45. The third-order valence-electron chi connectivity index (χ3n) is 4.75. The third-order valence-corrected chi connectivity index (χ3v) is 4.75. The summed E-state index contributed by atoms with van der Waals surface area (Å²) in [6, 6.07) is 2.12. The maximum absolute atomic E-state index is 12.3. The number of aromatic nitrogens is 2. The molecule has 1 aromatic heterocycles. The van der Waals surface area contributed by atoms with E-state index in [0.717, 1.165) is 30.3 Å². The number of ether oxygens (including phenoxy) is 1. The molecular weight excluding hydrogens is 284 g/mol. The highest BCUT2D eigenvalue weighted by Crippen LogP contribution is 2.32. The van der Waals surface area contributed by atoms with Crippen LogP contribution in [0, 0.1) is 11.3 Å². The van der Waals surface area contributed by atoms with Crippen molar-refractivity contribution in [3.63, 3.8) is 0 Å². The van der Waals surface area contributed by atoms with E-state index in [9.17, 15) is 14.9 Å². The van der Waals surface area contributed by atoms with E-state index in [4.69, 9.17) is 4.74 Å². The smallest absolute Gasteiger partial charge is 0.332 e. The van der Waals surface area contributed by atoms with Crippen molar-refractivity contribution in [3.05, 3.63) is 26.4 Å². The van der Waals surface area contributed by atoms with E-state index < -0.39 is 11.2 Å². The van der Waals surface area contributed by atoms with Gasteiger partial charge in [-0.05, 0) is 12.8 Å². The zero-order valence-corrected chi connectivity index (χ0v) is 12.9. The van der Waals surface area contributed by atoms with E-state index in [1.54, 1.807) is 7.05 Å². The fourth-order valence-corrected chi connectivity index (χ4v) is 3.63. The fourth-order valence-electron chi connectivity index (χ4n) is 3.63. The quantitative estimate of drug-likeness (QED) is 0.735. The number of nitriles is 1. The summed E-state index contributed by atoms with van der Waals surface area (Å²) in [4.78, 5) is 26.5. The Balaban J connectivity index is 2.17. The second-order valence-corrected chi connectivity index (χ2v) is 5.97. The van der Waals surface area contributed by atoms with Gasteiger partial charge in [0.15, 0.2) is 5.56 Å². The first-order chi connectivity index (χ1) is 10.6. The molecule has 2 heterocycles. The zero-order chi connectivity index (χ0) is 15.9. The average Bonchev–Trinajstić information content (AvgIpc) is 2.55. The van der Waals surface area contributed by atoms with Crippen molar-refractivity contribution in [2.45, 2.75) is 37.8 Å². The molecule has 7 nitrogen and oxygen atoms in total. The molecule has 22 heavy (non-hydrogen) atoms. The minimum absolute atomic E-state index is 0.0378. The van der Waals surface area contributed by atoms with E-state index in [0.29, 0.717) is 19.0 Å². The zero-order valence-electron chi connectivity index (χ0n) is 12.9. The molecule has 0 unspecified atom stereocenters. The van der Waals surface area contributed by atoms with Crippen LogP contribution in [0.15, 0.2) is 9.59 Å². The Bertz CT molecular complexity index is 741. The minimum atomic E-state index is -0.528. The first kappa shape index (κ1) is 14.9. The molecule has 1 aliphatic heterocycles. The Hall–Kier alpha value is -2.07. The van der Waals surface area contributed by atoms with E-state index in [1.165, 1.54) is 11.6 Å². The van der Waals surface area contributed by atoms with Gasteiger partial charge < -0.3 is 9.64 Å². The summed E-state index contributed by atoms with van der Waals surface area (Å²) in [5.41, 5.74) is -0.895. The maximum atomic E-state index is 12.3. The molecule has 2 atom stereocenters. The van der Waals surface area contributed by atoms with Gasteiger partial charge in [-0.25, -0.2) is 4.79 Å². The van der Waals surface area contributed by atoms with Crippen molar-refractivity contribution in [2.24, 2.45) is 14.1 Å². The maximum Gasteiger partial charge on any atom is 0.332 e. The summed E-state index contributed by atoms with van der Waals surface area (Å²) >= 11 is 0. The molecule has 118 valence electrons. The summed E-state index contributed by atoms with van der Waals surface area (Å²) in [6.45, 7) is 1.14. The van der Waals surface area contributed by atoms with Crippen LogP contribution in [0.4, 0.5) is 5.82 Å². The molecule has 2 fully saturated rings.